The summed E-state index contributed by atoms with van der Waals surface area (Å²) in [7, 11) is 1.29. The van der Waals surface area contributed by atoms with Crippen LogP contribution < -0.4 is 15.8 Å². The monoisotopic (exact) mass is 554 g/mol. The molecule has 1 aromatic carbocycles. The molecular weight excluding hydrogens is 532 g/mol. The quantitative estimate of drug-likeness (QED) is 0.256. The molecule has 2 aromatic heterocycles. The third-order valence-electron chi connectivity index (χ3n) is 5.13. The summed E-state index contributed by atoms with van der Waals surface area (Å²) in [5, 5.41) is 9.04. The smallest absolute Gasteiger partial charge is 0.435 e. The van der Waals surface area contributed by atoms with Gasteiger partial charge >= 0.3 is 6.18 Å². The minimum absolute atomic E-state index is 0.0522. The average Bonchev–Trinajstić information content (AvgIpc) is 2.83. The van der Waals surface area contributed by atoms with Crippen molar-refractivity contribution in [2.45, 2.75) is 37.9 Å². The van der Waals surface area contributed by atoms with Crippen molar-refractivity contribution in [1.29, 1.82) is 0 Å². The number of aryl methyl sites for hydroxylation is 1. The van der Waals surface area contributed by atoms with Crippen LogP contribution >= 0.6 is 0 Å². The Hall–Kier alpha value is -3.82. The molecule has 38 heavy (non-hydrogen) atoms. The van der Waals surface area contributed by atoms with E-state index in [0.29, 0.717) is 0 Å². The summed E-state index contributed by atoms with van der Waals surface area (Å²) in [5.74, 6) is -3.09. The second-order valence-electron chi connectivity index (χ2n) is 8.03. The number of rotatable bonds is 7. The summed E-state index contributed by atoms with van der Waals surface area (Å²) in [5.41, 5.74) is 3.08. The van der Waals surface area contributed by atoms with E-state index >= 15 is 0 Å². The van der Waals surface area contributed by atoms with Gasteiger partial charge in [-0.2, -0.15) is 21.9 Å². The zero-order valence-electron chi connectivity index (χ0n) is 20.5. The summed E-state index contributed by atoms with van der Waals surface area (Å²) >= 11 is -1.98. The van der Waals surface area contributed by atoms with Crippen molar-refractivity contribution in [3.63, 3.8) is 0 Å². The van der Waals surface area contributed by atoms with Gasteiger partial charge in [-0.25, -0.2) is 4.98 Å². The van der Waals surface area contributed by atoms with Gasteiger partial charge in [-0.05, 0) is 50.6 Å². The highest BCUT2D eigenvalue weighted by molar-refractivity contribution is 7.89. The number of anilines is 1. The van der Waals surface area contributed by atoms with Crippen LogP contribution in [0.15, 0.2) is 41.3 Å². The molecule has 0 saturated carbocycles. The lowest BCUT2D eigenvalue weighted by molar-refractivity contribution is -0.142. The van der Waals surface area contributed by atoms with Crippen molar-refractivity contribution < 1.29 is 36.4 Å². The number of carbonyl (C=O) groups is 2. The number of aromatic nitrogens is 3. The number of pyridine rings is 1. The average molecular weight is 555 g/mol. The van der Waals surface area contributed by atoms with Crippen LogP contribution in [0.4, 0.5) is 23.2 Å². The summed E-state index contributed by atoms with van der Waals surface area (Å²) in [4.78, 5) is 29.0. The molecule has 3 aromatic rings. The van der Waals surface area contributed by atoms with Crippen LogP contribution in [0.2, 0.25) is 0 Å². The maximum absolute atomic E-state index is 13.5. The lowest BCUT2D eigenvalue weighted by atomic mass is 10.1. The molecule has 1 unspecified atom stereocenters. The number of ether oxygens (including phenoxy) is 1. The van der Waals surface area contributed by atoms with Crippen molar-refractivity contribution in [3.05, 3.63) is 64.9 Å². The molecule has 0 spiro atoms. The molecule has 3 rings (SSSR count). The molecule has 202 valence electrons. The van der Waals surface area contributed by atoms with Crippen LogP contribution in [0.5, 0.6) is 11.6 Å². The molecule has 15 heteroatoms. The van der Waals surface area contributed by atoms with Crippen molar-refractivity contribution in [1.82, 2.24) is 19.5 Å². The van der Waals surface area contributed by atoms with Crippen LogP contribution in [-0.2, 0) is 22.3 Å². The molecule has 10 nitrogen and oxygen atoms in total. The first-order chi connectivity index (χ1) is 17.7. The highest BCUT2D eigenvalue weighted by Gasteiger charge is 2.38. The zero-order chi connectivity index (χ0) is 28.4. The number of nitrogens with two attached hydrogens (primary N) is 1. The van der Waals surface area contributed by atoms with Gasteiger partial charge in [0.25, 0.3) is 17.7 Å². The molecule has 0 aliphatic carbocycles. The van der Waals surface area contributed by atoms with Crippen molar-refractivity contribution in [2.24, 2.45) is 5.73 Å². The first-order valence-electron chi connectivity index (χ1n) is 10.8. The molecule has 2 amide bonds. The standard InChI is InChI=1S/C23H22F4N6O4S/c1-11-18(20(34)30-14-6-5-7-15(10-14)38(36)33(4)22(35)12(2)28)21(32-31-19(11)23(25,26)27)37-16-8-9-17(24)29-13(16)3/h5-10,12H,28H2,1-4H3,(H,30,34)/t12-,38?/m1/s1. The van der Waals surface area contributed by atoms with Gasteiger partial charge < -0.3 is 20.3 Å². The Kier molecular flexibility index (Phi) is 8.54. The summed E-state index contributed by atoms with van der Waals surface area (Å²) in [6.45, 7) is 3.84. The molecule has 0 saturated heterocycles. The molecule has 0 bridgehead atoms. The SMILES string of the molecule is Cc1nc(F)ccc1Oc1nnc(C(F)(F)F)c(C)c1C(=O)Nc1cccc([S+]([O-])N(C)C(=O)[C@@H](C)N)c1. The minimum atomic E-state index is -4.92. The normalized spacial score (nSPS) is 13.0. The van der Waals surface area contributed by atoms with E-state index in [2.05, 4.69) is 20.5 Å². The zero-order valence-corrected chi connectivity index (χ0v) is 21.3. The highest BCUT2D eigenvalue weighted by Crippen LogP contribution is 2.35. The number of amides is 2. The predicted octanol–water partition coefficient (Wildman–Crippen LogP) is 3.52. The van der Waals surface area contributed by atoms with Crippen LogP contribution in [0.1, 0.15) is 34.2 Å². The number of benzene rings is 1. The predicted molar refractivity (Wildman–Crippen MR) is 128 cm³/mol. The van der Waals surface area contributed by atoms with Crippen molar-refractivity contribution in [3.8, 4) is 11.6 Å². The van der Waals surface area contributed by atoms with Crippen molar-refractivity contribution in [2.75, 3.05) is 12.4 Å². The molecule has 2 atom stereocenters. The van der Waals surface area contributed by atoms with E-state index in [-0.39, 0.29) is 22.0 Å². The topological polar surface area (TPSA) is 146 Å². The minimum Gasteiger partial charge on any atom is -0.588 e. The van der Waals surface area contributed by atoms with Gasteiger partial charge in [0, 0.05) is 11.8 Å². The summed E-state index contributed by atoms with van der Waals surface area (Å²) in [6, 6.07) is 6.76. The second kappa shape index (κ2) is 11.3. The van der Waals surface area contributed by atoms with Crippen LogP contribution in [0.3, 0.4) is 0 Å². The number of carbonyl (C=O) groups excluding carboxylic acids is 2. The van der Waals surface area contributed by atoms with Crippen LogP contribution in [0, 0.1) is 19.8 Å². The number of nitrogens with one attached hydrogen (secondary N) is 1. The lowest BCUT2D eigenvalue weighted by Crippen LogP contribution is -2.42. The van der Waals surface area contributed by atoms with E-state index in [1.807, 2.05) is 0 Å². The van der Waals surface area contributed by atoms with Gasteiger partial charge in [-0.15, -0.1) is 10.2 Å². The lowest BCUT2D eigenvalue weighted by Gasteiger charge is -2.21. The molecule has 0 radical (unpaired) electrons. The Balaban J connectivity index is 1.99. The largest absolute Gasteiger partial charge is 0.588 e. The Labute approximate surface area is 217 Å². The van der Waals surface area contributed by atoms with Gasteiger partial charge in [0.1, 0.15) is 16.9 Å². The van der Waals surface area contributed by atoms with E-state index in [4.69, 9.17) is 10.5 Å². The van der Waals surface area contributed by atoms with Gasteiger partial charge in [0.2, 0.25) is 5.95 Å². The molecule has 0 aliphatic heterocycles. The van der Waals surface area contributed by atoms with Crippen LogP contribution in [0.25, 0.3) is 0 Å². The Bertz CT molecular complexity index is 1370. The number of hydrogen-bond donors (Lipinski definition) is 2. The second-order valence-corrected chi connectivity index (χ2v) is 9.54. The highest BCUT2D eigenvalue weighted by atomic mass is 32.2. The van der Waals surface area contributed by atoms with E-state index in [9.17, 15) is 31.7 Å². The van der Waals surface area contributed by atoms with E-state index < -0.39 is 64.0 Å². The third-order valence-corrected chi connectivity index (χ3v) is 6.47. The van der Waals surface area contributed by atoms with Gasteiger partial charge in [-0.3, -0.25) is 9.59 Å². The first-order valence-corrected chi connectivity index (χ1v) is 11.9. The third kappa shape index (κ3) is 6.35. The summed E-state index contributed by atoms with van der Waals surface area (Å²) < 4.78 is 73.1. The first kappa shape index (κ1) is 28.7. The number of halogens is 4. The maximum Gasteiger partial charge on any atom is 0.435 e. The number of hydrogen-bond acceptors (Lipinski definition) is 8. The number of likely N-dealkylation sites (N-methyl/N-ethyl adjacent to an activating group) is 1. The fraction of sp³-hybridized carbons (Fsp3) is 0.261. The van der Waals surface area contributed by atoms with E-state index in [1.54, 1.807) is 0 Å². The molecule has 0 fully saturated rings. The number of alkyl halides is 3. The maximum atomic E-state index is 13.5. The fourth-order valence-corrected chi connectivity index (χ4v) is 4.31. The summed E-state index contributed by atoms with van der Waals surface area (Å²) in [6.07, 6.45) is -4.92. The molecule has 2 heterocycles. The molecule has 0 aliphatic rings. The Morgan fingerprint density at radius 2 is 1.87 bits per heavy atom. The van der Waals surface area contributed by atoms with Crippen molar-refractivity contribution >= 4 is 28.9 Å². The van der Waals surface area contributed by atoms with Gasteiger partial charge in [0.05, 0.1) is 18.8 Å². The molecular formula is C23H22F4N6O4S. The van der Waals surface area contributed by atoms with E-state index in [0.717, 1.165) is 17.3 Å². The number of nitrogens with zero attached hydrogens (tertiary/aromatic N) is 4. The Morgan fingerprint density at radius 1 is 1.18 bits per heavy atom. The van der Waals surface area contributed by atoms with Gasteiger partial charge in [-0.1, -0.05) is 6.07 Å². The van der Waals surface area contributed by atoms with Gasteiger partial charge in [0.15, 0.2) is 16.3 Å². The fourth-order valence-electron chi connectivity index (χ4n) is 3.24. The Morgan fingerprint density at radius 3 is 2.47 bits per heavy atom. The van der Waals surface area contributed by atoms with E-state index in [1.165, 1.54) is 51.2 Å². The molecule has 3 N–H and O–H groups in total. The van der Waals surface area contributed by atoms with Crippen LogP contribution in [-0.4, -0.2) is 48.9 Å².